The lowest BCUT2D eigenvalue weighted by molar-refractivity contribution is -0.622. The van der Waals surface area contributed by atoms with Gasteiger partial charge in [0.05, 0.1) is 5.92 Å². The predicted octanol–water partition coefficient (Wildman–Crippen LogP) is 0.412. The topological polar surface area (TPSA) is 110 Å². The Hall–Kier alpha value is -2.42. The summed E-state index contributed by atoms with van der Waals surface area (Å²) in [5.74, 6) is -2.55. The molecule has 2 heterocycles. The zero-order chi connectivity index (χ0) is 20.5. The molecule has 2 N–H and O–H groups in total. The van der Waals surface area contributed by atoms with Crippen LogP contribution >= 0.6 is 0 Å². The molecule has 9 heteroatoms. The maximum atomic E-state index is 13.0. The fourth-order valence-electron chi connectivity index (χ4n) is 3.52. The van der Waals surface area contributed by atoms with Gasteiger partial charge in [0.2, 0.25) is 11.8 Å². The molecule has 150 valence electrons. The first-order chi connectivity index (χ1) is 12.5. The Morgan fingerprint density at radius 2 is 1.70 bits per heavy atom. The number of carbonyl (C=O) groups is 3. The summed E-state index contributed by atoms with van der Waals surface area (Å²) in [5.41, 5.74) is 1.36. The highest BCUT2D eigenvalue weighted by molar-refractivity contribution is 6.16. The Balaban J connectivity index is 2.56. The van der Waals surface area contributed by atoms with E-state index < -0.39 is 29.7 Å². The van der Waals surface area contributed by atoms with Gasteiger partial charge in [-0.1, -0.05) is 13.8 Å². The van der Waals surface area contributed by atoms with Crippen LogP contribution in [0.25, 0.3) is 0 Å². The number of nitrogens with zero attached hydrogens (tertiary/aromatic N) is 3. The van der Waals surface area contributed by atoms with E-state index in [2.05, 4.69) is 10.6 Å². The summed E-state index contributed by atoms with van der Waals surface area (Å²) in [5, 5.41) is 17.3. The number of amides is 4. The second-order valence-electron chi connectivity index (χ2n) is 7.80. The predicted molar refractivity (Wildman–Crippen MR) is 98.8 cm³/mol. The minimum Gasteiger partial charge on any atom is -0.711 e. The van der Waals surface area contributed by atoms with Gasteiger partial charge in [0, 0.05) is 20.4 Å². The molecule has 0 unspecified atom stereocenters. The summed E-state index contributed by atoms with van der Waals surface area (Å²) in [7, 11) is 3.88. The van der Waals surface area contributed by atoms with Gasteiger partial charge in [-0.05, 0) is 26.4 Å². The van der Waals surface area contributed by atoms with E-state index in [1.807, 2.05) is 44.3 Å². The minimum atomic E-state index is -1.13. The van der Waals surface area contributed by atoms with E-state index in [9.17, 15) is 19.6 Å². The van der Waals surface area contributed by atoms with Gasteiger partial charge in [0.1, 0.15) is 23.9 Å². The molecule has 2 rings (SSSR count). The third-order valence-corrected chi connectivity index (χ3v) is 4.99. The first kappa shape index (κ1) is 20.9. The Kier molecular flexibility index (Phi) is 6.25. The van der Waals surface area contributed by atoms with Crippen LogP contribution in [0.3, 0.4) is 0 Å². The van der Waals surface area contributed by atoms with Crippen molar-refractivity contribution in [3.63, 3.8) is 0 Å². The molecule has 0 radical (unpaired) electrons. The summed E-state index contributed by atoms with van der Waals surface area (Å²) < 4.78 is 2.72. The second kappa shape index (κ2) is 8.08. The number of carbonyl (C=O) groups excluding carboxylic acids is 3. The maximum Gasteiger partial charge on any atom is 0.328 e. The van der Waals surface area contributed by atoms with Crippen molar-refractivity contribution in [2.45, 2.75) is 46.6 Å². The second-order valence-corrected chi connectivity index (χ2v) is 7.80. The molecule has 1 aromatic heterocycles. The number of rotatable bonds is 7. The molecule has 1 fully saturated rings. The van der Waals surface area contributed by atoms with Crippen LogP contribution in [0, 0.1) is 30.9 Å². The normalized spacial score (nSPS) is 16.8. The molecule has 4 amide bonds. The Morgan fingerprint density at radius 3 is 2.19 bits per heavy atom. The first-order valence-corrected chi connectivity index (χ1v) is 9.14. The molecule has 1 atom stereocenters. The smallest absolute Gasteiger partial charge is 0.328 e. The van der Waals surface area contributed by atoms with Gasteiger partial charge in [0.15, 0.2) is 0 Å². The molecule has 0 bridgehead atoms. The Labute approximate surface area is 159 Å². The first-order valence-electron chi connectivity index (χ1n) is 9.14. The van der Waals surface area contributed by atoms with Crippen molar-refractivity contribution in [2.75, 3.05) is 20.6 Å². The number of barbiturate groups is 1. The van der Waals surface area contributed by atoms with E-state index >= 15 is 0 Å². The highest BCUT2D eigenvalue weighted by atomic mass is 16.5. The van der Waals surface area contributed by atoms with E-state index in [1.54, 1.807) is 6.92 Å². The van der Waals surface area contributed by atoms with Gasteiger partial charge in [0.25, 0.3) is 5.82 Å². The van der Waals surface area contributed by atoms with Crippen molar-refractivity contribution in [1.29, 1.82) is 0 Å². The molecular formula is C18H29N5O4. The van der Waals surface area contributed by atoms with Crippen LogP contribution < -0.4 is 15.4 Å². The van der Waals surface area contributed by atoms with Gasteiger partial charge in [-0.15, -0.1) is 0 Å². The van der Waals surface area contributed by atoms with E-state index in [4.69, 9.17) is 0 Å². The Morgan fingerprint density at radius 1 is 1.15 bits per heavy atom. The number of nitrogens with one attached hydrogen (secondary N) is 2. The molecule has 27 heavy (non-hydrogen) atoms. The van der Waals surface area contributed by atoms with Crippen molar-refractivity contribution < 1.29 is 19.1 Å². The van der Waals surface area contributed by atoms with Crippen molar-refractivity contribution in [3.8, 4) is 0 Å². The minimum absolute atomic E-state index is 0.144. The van der Waals surface area contributed by atoms with E-state index in [0.717, 1.165) is 10.4 Å². The standard InChI is InChI=1S/C18H29N5O4/c1-10(2)9-13(14-15(24)19-18(26)20-16(14)25)17-22(8-7-21(5)6)11(3)12(4)23(17)27/h10,13-14H,7-9H2,1-6H3,(H2,19,20,24,25,26)/t13-/m0/s1. The number of hydrogen-bond donors (Lipinski definition) is 2. The zero-order valence-electron chi connectivity index (χ0n) is 16.8. The van der Waals surface area contributed by atoms with Gasteiger partial charge >= 0.3 is 6.03 Å². The fraction of sp³-hybridized carbons (Fsp3) is 0.667. The van der Waals surface area contributed by atoms with Crippen LogP contribution in [0.5, 0.6) is 0 Å². The highest BCUT2D eigenvalue weighted by Gasteiger charge is 2.46. The van der Waals surface area contributed by atoms with Gasteiger partial charge in [-0.2, -0.15) is 0 Å². The SMILES string of the molecule is Cc1c(C)[n+]([O-])c([C@@H](CC(C)C)C2C(=O)NC(=O)NC2=O)n1CCN(C)C. The zero-order valence-corrected chi connectivity index (χ0v) is 16.8. The number of imidazole rings is 1. The summed E-state index contributed by atoms with van der Waals surface area (Å²) in [4.78, 5) is 38.4. The van der Waals surface area contributed by atoms with Crippen LogP contribution in [0.2, 0.25) is 0 Å². The fourth-order valence-corrected chi connectivity index (χ4v) is 3.52. The number of imide groups is 2. The van der Waals surface area contributed by atoms with Crippen LogP contribution in [-0.2, 0) is 16.1 Å². The molecule has 9 nitrogen and oxygen atoms in total. The average molecular weight is 379 g/mol. The lowest BCUT2D eigenvalue weighted by Gasteiger charge is -2.28. The molecule has 1 saturated heterocycles. The molecule has 1 aromatic rings. The monoisotopic (exact) mass is 379 g/mol. The molecule has 0 aromatic carbocycles. The summed E-state index contributed by atoms with van der Waals surface area (Å²) in [6.07, 6.45) is 0.465. The van der Waals surface area contributed by atoms with Crippen molar-refractivity contribution >= 4 is 17.8 Å². The summed E-state index contributed by atoms with van der Waals surface area (Å²) in [6.45, 7) is 8.80. The summed E-state index contributed by atoms with van der Waals surface area (Å²) in [6, 6.07) is -0.824. The number of aromatic nitrogens is 2. The van der Waals surface area contributed by atoms with Gasteiger partial charge in [-0.25, -0.2) is 14.1 Å². The molecule has 0 spiro atoms. The molecule has 1 aliphatic heterocycles. The van der Waals surface area contributed by atoms with Crippen LogP contribution in [0.4, 0.5) is 4.79 Å². The Bertz CT molecular complexity index is 733. The summed E-state index contributed by atoms with van der Waals surface area (Å²) >= 11 is 0. The maximum absolute atomic E-state index is 13.0. The van der Waals surface area contributed by atoms with Gasteiger partial charge in [-0.3, -0.25) is 20.2 Å². The largest absolute Gasteiger partial charge is 0.711 e. The van der Waals surface area contributed by atoms with Crippen molar-refractivity contribution in [2.24, 2.45) is 11.8 Å². The lowest BCUT2D eigenvalue weighted by atomic mass is 9.82. The number of likely N-dealkylation sites (N-methyl/N-ethyl adjacent to an activating group) is 1. The van der Waals surface area contributed by atoms with E-state index in [1.165, 1.54) is 0 Å². The molecular weight excluding hydrogens is 350 g/mol. The quantitative estimate of drug-likeness (QED) is 0.405. The molecule has 1 aliphatic rings. The molecule has 0 saturated carbocycles. The average Bonchev–Trinajstić information content (AvgIpc) is 2.74. The van der Waals surface area contributed by atoms with E-state index in [0.29, 0.717) is 31.0 Å². The highest BCUT2D eigenvalue weighted by Crippen LogP contribution is 2.32. The van der Waals surface area contributed by atoms with Crippen LogP contribution in [0.1, 0.15) is 43.4 Å². The van der Waals surface area contributed by atoms with Crippen molar-refractivity contribution in [1.82, 2.24) is 20.1 Å². The van der Waals surface area contributed by atoms with Crippen LogP contribution in [-0.4, -0.2) is 48.0 Å². The third-order valence-electron chi connectivity index (χ3n) is 4.99. The lowest BCUT2D eigenvalue weighted by Crippen LogP contribution is -2.58. The van der Waals surface area contributed by atoms with E-state index in [-0.39, 0.29) is 5.92 Å². The van der Waals surface area contributed by atoms with Gasteiger partial charge < -0.3 is 10.1 Å². The van der Waals surface area contributed by atoms with Crippen molar-refractivity contribution in [3.05, 3.63) is 22.4 Å². The van der Waals surface area contributed by atoms with Crippen LogP contribution in [0.15, 0.2) is 0 Å². The third kappa shape index (κ3) is 4.29. The molecule has 0 aliphatic carbocycles. The number of urea groups is 1. The number of hydrogen-bond acceptors (Lipinski definition) is 5.